The lowest BCUT2D eigenvalue weighted by molar-refractivity contribution is -0.135. The molecule has 0 N–H and O–H groups in total. The second-order valence-electron chi connectivity index (χ2n) is 8.03. The van der Waals surface area contributed by atoms with Gasteiger partial charge in [0, 0.05) is 25.4 Å². The minimum atomic E-state index is -0.210. The molecule has 0 radical (unpaired) electrons. The molecule has 1 aliphatic heterocycles. The molecule has 30 heavy (non-hydrogen) atoms. The molecule has 5 rings (SSSR count). The van der Waals surface area contributed by atoms with Crippen molar-refractivity contribution in [2.45, 2.75) is 25.0 Å². The van der Waals surface area contributed by atoms with Gasteiger partial charge in [-0.05, 0) is 30.0 Å². The Kier molecular flexibility index (Phi) is 4.91. The zero-order valence-corrected chi connectivity index (χ0v) is 17.0. The van der Waals surface area contributed by atoms with Gasteiger partial charge in [-0.3, -0.25) is 4.79 Å². The third-order valence-corrected chi connectivity index (χ3v) is 5.89. The molecule has 0 unspecified atom stereocenters. The molecule has 3 atom stereocenters. The standard InChI is InChI=1S/C24H25N3O3/c1-26-12-11-25-23(26)15-27(14-18-16-29-21-9-5-6-10-22(21)30-18)24(28)20-13-19(20)17-7-3-2-4-8-17/h2-12,18-20H,13-16H2,1H3/t18-,19-,20+/m0/s1. The molecule has 1 fully saturated rings. The van der Waals surface area contributed by atoms with Gasteiger partial charge in [-0.25, -0.2) is 4.98 Å². The van der Waals surface area contributed by atoms with Crippen LogP contribution < -0.4 is 9.47 Å². The number of hydrogen-bond acceptors (Lipinski definition) is 4. The topological polar surface area (TPSA) is 56.6 Å². The van der Waals surface area contributed by atoms with E-state index in [1.165, 1.54) is 5.56 Å². The van der Waals surface area contributed by atoms with E-state index in [1.807, 2.05) is 65.2 Å². The normalized spacial score (nSPS) is 21.8. The van der Waals surface area contributed by atoms with Gasteiger partial charge < -0.3 is 18.9 Å². The van der Waals surface area contributed by atoms with Gasteiger partial charge in [0.15, 0.2) is 17.6 Å². The molecule has 1 amide bonds. The van der Waals surface area contributed by atoms with E-state index in [4.69, 9.17) is 9.47 Å². The number of carbonyl (C=O) groups is 1. The highest BCUT2D eigenvalue weighted by molar-refractivity contribution is 5.83. The average Bonchev–Trinajstić information content (AvgIpc) is 3.49. The number of nitrogens with zero attached hydrogens (tertiary/aromatic N) is 3. The molecule has 2 aliphatic rings. The molecule has 0 bridgehead atoms. The summed E-state index contributed by atoms with van der Waals surface area (Å²) in [5.41, 5.74) is 1.24. The maximum Gasteiger partial charge on any atom is 0.226 e. The number of fused-ring (bicyclic) bond motifs is 1. The Morgan fingerprint density at radius 3 is 2.67 bits per heavy atom. The van der Waals surface area contributed by atoms with Gasteiger partial charge in [0.1, 0.15) is 12.4 Å². The van der Waals surface area contributed by atoms with Crippen LogP contribution in [0.1, 0.15) is 23.7 Å². The Bertz CT molecular complexity index is 1030. The molecule has 6 heteroatoms. The molecule has 1 aromatic heterocycles. The van der Waals surface area contributed by atoms with Crippen LogP contribution in [-0.4, -0.2) is 39.6 Å². The molecular formula is C24H25N3O3. The third kappa shape index (κ3) is 3.77. The summed E-state index contributed by atoms with van der Waals surface area (Å²) in [7, 11) is 1.95. The molecule has 1 aliphatic carbocycles. The number of para-hydroxylation sites is 2. The summed E-state index contributed by atoms with van der Waals surface area (Å²) in [6.07, 6.45) is 4.35. The van der Waals surface area contributed by atoms with Crippen LogP contribution in [0.4, 0.5) is 0 Å². The van der Waals surface area contributed by atoms with Crippen molar-refractivity contribution in [3.63, 3.8) is 0 Å². The minimum Gasteiger partial charge on any atom is -0.486 e. The van der Waals surface area contributed by atoms with Gasteiger partial charge >= 0.3 is 0 Å². The Labute approximate surface area is 176 Å². The number of rotatable bonds is 6. The van der Waals surface area contributed by atoms with Crippen molar-refractivity contribution in [3.8, 4) is 11.5 Å². The van der Waals surface area contributed by atoms with Crippen molar-refractivity contribution in [3.05, 3.63) is 78.4 Å². The highest BCUT2D eigenvalue weighted by atomic mass is 16.6. The Hall–Kier alpha value is -3.28. The summed E-state index contributed by atoms with van der Waals surface area (Å²) >= 11 is 0. The molecule has 2 heterocycles. The monoisotopic (exact) mass is 403 g/mol. The molecule has 1 saturated carbocycles. The third-order valence-electron chi connectivity index (χ3n) is 5.89. The first-order chi connectivity index (χ1) is 14.7. The lowest BCUT2D eigenvalue weighted by atomic mass is 10.1. The molecule has 0 saturated heterocycles. The van der Waals surface area contributed by atoms with Crippen molar-refractivity contribution in [2.75, 3.05) is 13.2 Å². The van der Waals surface area contributed by atoms with Crippen LogP contribution in [-0.2, 0) is 18.4 Å². The second kappa shape index (κ2) is 7.86. The summed E-state index contributed by atoms with van der Waals surface area (Å²) in [6, 6.07) is 17.9. The Morgan fingerprint density at radius 2 is 1.90 bits per heavy atom. The predicted molar refractivity (Wildman–Crippen MR) is 112 cm³/mol. The number of imidazole rings is 1. The fourth-order valence-electron chi connectivity index (χ4n) is 4.12. The van der Waals surface area contributed by atoms with Crippen LogP contribution in [0.3, 0.4) is 0 Å². The molecule has 6 nitrogen and oxygen atoms in total. The van der Waals surface area contributed by atoms with Crippen molar-refractivity contribution < 1.29 is 14.3 Å². The fraction of sp³-hybridized carbons (Fsp3) is 0.333. The molecule has 3 aromatic rings. The maximum atomic E-state index is 13.4. The van der Waals surface area contributed by atoms with Crippen molar-refractivity contribution >= 4 is 5.91 Å². The zero-order chi connectivity index (χ0) is 20.5. The van der Waals surface area contributed by atoms with Gasteiger partial charge in [-0.1, -0.05) is 42.5 Å². The second-order valence-corrected chi connectivity index (χ2v) is 8.03. The number of hydrogen-bond donors (Lipinski definition) is 0. The van der Waals surface area contributed by atoms with Crippen LogP contribution in [0.2, 0.25) is 0 Å². The summed E-state index contributed by atoms with van der Waals surface area (Å²) in [5.74, 6) is 2.82. The highest BCUT2D eigenvalue weighted by Crippen LogP contribution is 2.48. The molecule has 0 spiro atoms. The largest absolute Gasteiger partial charge is 0.486 e. The number of aryl methyl sites for hydroxylation is 1. The minimum absolute atomic E-state index is 0.0180. The summed E-state index contributed by atoms with van der Waals surface area (Å²) in [5, 5.41) is 0. The zero-order valence-electron chi connectivity index (χ0n) is 17.0. The Morgan fingerprint density at radius 1 is 1.13 bits per heavy atom. The fourth-order valence-corrected chi connectivity index (χ4v) is 4.12. The highest BCUT2D eigenvalue weighted by Gasteiger charge is 2.46. The van der Waals surface area contributed by atoms with Crippen LogP contribution in [0.15, 0.2) is 67.0 Å². The van der Waals surface area contributed by atoms with E-state index in [1.54, 1.807) is 6.20 Å². The Balaban J connectivity index is 1.32. The van der Waals surface area contributed by atoms with Gasteiger partial charge in [0.05, 0.1) is 13.1 Å². The smallest absolute Gasteiger partial charge is 0.226 e. The number of ether oxygens (including phenoxy) is 2. The first-order valence-electron chi connectivity index (χ1n) is 10.4. The van der Waals surface area contributed by atoms with E-state index in [0.29, 0.717) is 25.6 Å². The molecule has 2 aromatic carbocycles. The van der Waals surface area contributed by atoms with Crippen molar-refractivity contribution in [1.29, 1.82) is 0 Å². The lowest BCUT2D eigenvalue weighted by Crippen LogP contribution is -2.44. The number of amides is 1. The van der Waals surface area contributed by atoms with E-state index < -0.39 is 0 Å². The first kappa shape index (κ1) is 18.7. The van der Waals surface area contributed by atoms with Gasteiger partial charge in [0.25, 0.3) is 0 Å². The van der Waals surface area contributed by atoms with Crippen LogP contribution in [0, 0.1) is 5.92 Å². The van der Waals surface area contributed by atoms with Crippen LogP contribution >= 0.6 is 0 Å². The average molecular weight is 403 g/mol. The van der Waals surface area contributed by atoms with E-state index >= 15 is 0 Å². The summed E-state index contributed by atoms with van der Waals surface area (Å²) in [4.78, 5) is 19.7. The van der Waals surface area contributed by atoms with Crippen molar-refractivity contribution in [1.82, 2.24) is 14.5 Å². The summed E-state index contributed by atoms with van der Waals surface area (Å²) in [6.45, 7) is 1.36. The lowest BCUT2D eigenvalue weighted by Gasteiger charge is -2.31. The quantitative estimate of drug-likeness (QED) is 0.633. The van der Waals surface area contributed by atoms with Gasteiger partial charge in [-0.2, -0.15) is 0 Å². The van der Waals surface area contributed by atoms with E-state index in [2.05, 4.69) is 17.1 Å². The van der Waals surface area contributed by atoms with E-state index in [9.17, 15) is 4.79 Å². The van der Waals surface area contributed by atoms with Gasteiger partial charge in [0.2, 0.25) is 5.91 Å². The molecular weight excluding hydrogens is 378 g/mol. The predicted octanol–water partition coefficient (Wildman–Crippen LogP) is 3.39. The molecule has 154 valence electrons. The van der Waals surface area contributed by atoms with Crippen LogP contribution in [0.25, 0.3) is 0 Å². The summed E-state index contributed by atoms with van der Waals surface area (Å²) < 4.78 is 13.9. The maximum absolute atomic E-state index is 13.4. The SMILES string of the molecule is Cn1ccnc1CN(C[C@H]1COc2ccccc2O1)C(=O)[C@@H]1C[C@H]1c1ccccc1. The van der Waals surface area contributed by atoms with Crippen molar-refractivity contribution in [2.24, 2.45) is 13.0 Å². The first-order valence-corrected chi connectivity index (χ1v) is 10.4. The number of benzene rings is 2. The van der Waals surface area contributed by atoms with Crippen LogP contribution in [0.5, 0.6) is 11.5 Å². The number of aromatic nitrogens is 2. The van der Waals surface area contributed by atoms with E-state index in [-0.39, 0.29) is 17.9 Å². The van der Waals surface area contributed by atoms with Gasteiger partial charge in [-0.15, -0.1) is 0 Å². The number of carbonyl (C=O) groups excluding carboxylic acids is 1. The van der Waals surface area contributed by atoms with E-state index in [0.717, 1.165) is 23.7 Å².